The van der Waals surface area contributed by atoms with Crippen LogP contribution in [0.3, 0.4) is 0 Å². The maximum atomic E-state index is 11.5. The molecule has 1 rings (SSSR count). The Bertz CT molecular complexity index is 461. The van der Waals surface area contributed by atoms with Crippen LogP contribution in [0.5, 0.6) is 5.75 Å². The van der Waals surface area contributed by atoms with Crippen molar-refractivity contribution in [3.8, 4) is 5.75 Å². The van der Waals surface area contributed by atoms with E-state index in [-0.39, 0.29) is 11.8 Å². The van der Waals surface area contributed by atoms with Gasteiger partial charge in [-0.05, 0) is 30.9 Å². The molecule has 0 atom stereocenters. The Labute approximate surface area is 126 Å². The molecule has 21 heavy (non-hydrogen) atoms. The van der Waals surface area contributed by atoms with Gasteiger partial charge >= 0.3 is 0 Å². The smallest absolute Gasteiger partial charge is 0.221 e. The molecule has 0 saturated heterocycles. The number of para-hydroxylation sites is 1. The minimum absolute atomic E-state index is 0.0268. The Morgan fingerprint density at radius 1 is 1.10 bits per heavy atom. The van der Waals surface area contributed by atoms with Crippen molar-refractivity contribution < 1.29 is 14.3 Å². The van der Waals surface area contributed by atoms with Crippen molar-refractivity contribution in [1.29, 1.82) is 0 Å². The van der Waals surface area contributed by atoms with Gasteiger partial charge in [-0.2, -0.15) is 0 Å². The highest BCUT2D eigenvalue weighted by Crippen LogP contribution is 2.19. The van der Waals surface area contributed by atoms with Crippen LogP contribution in [0.1, 0.15) is 31.7 Å². The molecule has 5 heteroatoms. The Balaban J connectivity index is 2.11. The maximum absolute atomic E-state index is 11.5. The third-order valence-corrected chi connectivity index (χ3v) is 3.11. The average Bonchev–Trinajstić information content (AvgIpc) is 2.47. The lowest BCUT2D eigenvalue weighted by molar-refractivity contribution is -0.121. The minimum atomic E-state index is -0.111. The number of hydrogen-bond acceptors (Lipinski definition) is 3. The van der Waals surface area contributed by atoms with Crippen LogP contribution in [-0.2, 0) is 16.0 Å². The molecule has 0 fully saturated rings. The van der Waals surface area contributed by atoms with Crippen LogP contribution in [0.15, 0.2) is 24.3 Å². The minimum Gasteiger partial charge on any atom is -0.496 e. The zero-order valence-corrected chi connectivity index (χ0v) is 12.8. The number of carbonyl (C=O) groups is 2. The number of nitrogens with one attached hydrogen (secondary N) is 2. The van der Waals surface area contributed by atoms with Gasteiger partial charge in [-0.25, -0.2) is 0 Å². The number of methoxy groups -OCH3 is 1. The molecule has 0 radical (unpaired) electrons. The quantitative estimate of drug-likeness (QED) is 0.680. The summed E-state index contributed by atoms with van der Waals surface area (Å²) in [7, 11) is 1.67. The topological polar surface area (TPSA) is 67.4 Å². The van der Waals surface area contributed by atoms with Crippen LogP contribution < -0.4 is 15.4 Å². The molecular formula is C16H24N2O3. The number of carbonyl (C=O) groups excluding carboxylic acids is 2. The van der Waals surface area contributed by atoms with E-state index in [1.807, 2.05) is 18.2 Å². The summed E-state index contributed by atoms with van der Waals surface area (Å²) in [6, 6.07) is 7.98. The summed E-state index contributed by atoms with van der Waals surface area (Å²) in [4.78, 5) is 22.1. The fraction of sp³-hybridized carbons (Fsp3) is 0.500. The third kappa shape index (κ3) is 7.34. The van der Waals surface area contributed by atoms with Crippen LogP contribution in [0.4, 0.5) is 0 Å². The Morgan fingerprint density at radius 3 is 2.57 bits per heavy atom. The molecule has 1 aromatic carbocycles. The summed E-state index contributed by atoms with van der Waals surface area (Å²) in [5, 5.41) is 5.45. The van der Waals surface area contributed by atoms with Crippen molar-refractivity contribution in [2.24, 2.45) is 0 Å². The lowest BCUT2D eigenvalue weighted by atomic mass is 10.1. The van der Waals surface area contributed by atoms with E-state index < -0.39 is 0 Å². The van der Waals surface area contributed by atoms with Crippen LogP contribution in [0.25, 0.3) is 0 Å². The molecule has 2 amide bonds. The largest absolute Gasteiger partial charge is 0.496 e. The van der Waals surface area contributed by atoms with Crippen LogP contribution in [0.2, 0.25) is 0 Å². The van der Waals surface area contributed by atoms with Crippen LogP contribution in [0, 0.1) is 0 Å². The highest BCUT2D eigenvalue weighted by molar-refractivity contribution is 5.77. The van der Waals surface area contributed by atoms with Gasteiger partial charge < -0.3 is 15.4 Å². The maximum Gasteiger partial charge on any atom is 0.221 e. The van der Waals surface area contributed by atoms with Gasteiger partial charge in [-0.1, -0.05) is 18.2 Å². The molecule has 116 valence electrons. The Hall–Kier alpha value is -2.04. The zero-order chi connectivity index (χ0) is 15.5. The van der Waals surface area contributed by atoms with Gasteiger partial charge in [0, 0.05) is 26.4 Å². The molecule has 0 aliphatic carbocycles. The number of unbranched alkanes of at least 4 members (excludes halogenated alkanes) is 1. The normalized spacial score (nSPS) is 10.0. The second-order valence-electron chi connectivity index (χ2n) is 4.85. The molecule has 0 spiro atoms. The van der Waals surface area contributed by atoms with Gasteiger partial charge in [-0.3, -0.25) is 9.59 Å². The molecule has 0 saturated carbocycles. The molecule has 5 nitrogen and oxygen atoms in total. The van der Waals surface area contributed by atoms with Crippen LogP contribution >= 0.6 is 0 Å². The Morgan fingerprint density at radius 2 is 1.86 bits per heavy atom. The van der Waals surface area contributed by atoms with Crippen molar-refractivity contribution in [2.45, 2.75) is 32.6 Å². The molecule has 0 unspecified atom stereocenters. The zero-order valence-electron chi connectivity index (χ0n) is 12.8. The second kappa shape index (κ2) is 9.80. The van der Waals surface area contributed by atoms with Crippen molar-refractivity contribution in [1.82, 2.24) is 10.6 Å². The fourth-order valence-corrected chi connectivity index (χ4v) is 2.02. The number of aryl methyl sites for hydroxylation is 1. The van der Waals surface area contributed by atoms with Gasteiger partial charge in [0.15, 0.2) is 0 Å². The number of ether oxygens (including phenoxy) is 1. The number of rotatable bonds is 9. The van der Waals surface area contributed by atoms with E-state index in [1.54, 1.807) is 7.11 Å². The number of benzene rings is 1. The monoisotopic (exact) mass is 292 g/mol. The van der Waals surface area contributed by atoms with Gasteiger partial charge in [-0.15, -0.1) is 0 Å². The number of hydrogen-bond donors (Lipinski definition) is 2. The standard InChI is InChI=1S/C16H24N2O3/c1-13(19)17-12-10-16(20)18-11-6-5-8-14-7-3-4-9-15(14)21-2/h3-4,7,9H,5-6,8,10-12H2,1-2H3,(H,17,19)(H,18,20). The summed E-state index contributed by atoms with van der Waals surface area (Å²) in [5.74, 6) is 0.775. The lowest BCUT2D eigenvalue weighted by Gasteiger charge is -2.08. The molecule has 0 aromatic heterocycles. The Kier molecular flexibility index (Phi) is 7.94. The lowest BCUT2D eigenvalue weighted by Crippen LogP contribution is -2.30. The van der Waals surface area contributed by atoms with Gasteiger partial charge in [0.1, 0.15) is 5.75 Å². The van der Waals surface area contributed by atoms with E-state index in [0.717, 1.165) is 25.0 Å². The predicted molar refractivity (Wildman–Crippen MR) is 82.2 cm³/mol. The molecule has 0 bridgehead atoms. The first kappa shape index (κ1) is 17.0. The van der Waals surface area contributed by atoms with Crippen molar-refractivity contribution in [3.05, 3.63) is 29.8 Å². The van der Waals surface area contributed by atoms with Gasteiger partial charge in [0.05, 0.1) is 7.11 Å². The van der Waals surface area contributed by atoms with Crippen molar-refractivity contribution in [3.63, 3.8) is 0 Å². The summed E-state index contributed by atoms with van der Waals surface area (Å²) in [5.41, 5.74) is 1.19. The SMILES string of the molecule is COc1ccccc1CCCCNC(=O)CCNC(C)=O. The summed E-state index contributed by atoms with van der Waals surface area (Å²) < 4.78 is 5.30. The predicted octanol–water partition coefficient (Wildman–Crippen LogP) is 1.66. The molecular weight excluding hydrogens is 268 g/mol. The summed E-state index contributed by atoms with van der Waals surface area (Å²) >= 11 is 0. The molecule has 0 heterocycles. The molecule has 0 aliphatic heterocycles. The second-order valence-corrected chi connectivity index (χ2v) is 4.85. The summed E-state index contributed by atoms with van der Waals surface area (Å²) in [6.45, 7) is 2.49. The van der Waals surface area contributed by atoms with E-state index in [1.165, 1.54) is 12.5 Å². The first-order valence-corrected chi connectivity index (χ1v) is 7.26. The van der Waals surface area contributed by atoms with E-state index in [2.05, 4.69) is 16.7 Å². The molecule has 2 N–H and O–H groups in total. The molecule has 0 aliphatic rings. The first-order chi connectivity index (χ1) is 10.1. The van der Waals surface area contributed by atoms with E-state index >= 15 is 0 Å². The van der Waals surface area contributed by atoms with Crippen molar-refractivity contribution in [2.75, 3.05) is 20.2 Å². The molecule has 1 aromatic rings. The highest BCUT2D eigenvalue weighted by atomic mass is 16.5. The van der Waals surface area contributed by atoms with Gasteiger partial charge in [0.25, 0.3) is 0 Å². The van der Waals surface area contributed by atoms with E-state index in [4.69, 9.17) is 4.74 Å². The first-order valence-electron chi connectivity index (χ1n) is 7.26. The van der Waals surface area contributed by atoms with Crippen molar-refractivity contribution >= 4 is 11.8 Å². The van der Waals surface area contributed by atoms with Gasteiger partial charge in [0.2, 0.25) is 11.8 Å². The summed E-state index contributed by atoms with van der Waals surface area (Å²) in [6.07, 6.45) is 3.17. The van der Waals surface area contributed by atoms with E-state index in [9.17, 15) is 9.59 Å². The van der Waals surface area contributed by atoms with E-state index in [0.29, 0.717) is 19.5 Å². The average molecular weight is 292 g/mol. The third-order valence-electron chi connectivity index (χ3n) is 3.11. The number of amides is 2. The van der Waals surface area contributed by atoms with Crippen LogP contribution in [-0.4, -0.2) is 32.0 Å². The highest BCUT2D eigenvalue weighted by Gasteiger charge is 2.03. The fourth-order valence-electron chi connectivity index (χ4n) is 2.02.